The van der Waals surface area contributed by atoms with Crippen molar-refractivity contribution >= 4 is 5.97 Å². The molecule has 0 aromatic carbocycles. The van der Waals surface area contributed by atoms with E-state index in [1.807, 2.05) is 0 Å². The number of rotatable bonds is 7. The molecule has 2 aliphatic heterocycles. The molecule has 55 heavy (non-hydrogen) atoms. The van der Waals surface area contributed by atoms with Crippen LogP contribution in [0, 0.1) is 50.2 Å². The predicted octanol–water partition coefficient (Wildman–Crippen LogP) is 2.88. The predicted molar refractivity (Wildman–Crippen MR) is 198 cm³/mol. The molecule has 8 N–H and O–H groups in total. The third-order valence-corrected chi connectivity index (χ3v) is 17.3. The zero-order chi connectivity index (χ0) is 40.3. The molecule has 0 radical (unpaired) electrons. The van der Waals surface area contributed by atoms with Gasteiger partial charge in [0.15, 0.2) is 12.6 Å². The zero-order valence-corrected chi connectivity index (χ0v) is 33.8. The molecule has 2 saturated heterocycles. The molecule has 2 heterocycles. The summed E-state index contributed by atoms with van der Waals surface area (Å²) in [6.45, 7) is 15.1. The van der Waals surface area contributed by atoms with Crippen LogP contribution in [0.4, 0.5) is 0 Å². The summed E-state index contributed by atoms with van der Waals surface area (Å²) >= 11 is 0. The summed E-state index contributed by atoms with van der Waals surface area (Å²) in [5.41, 5.74) is 0.344. The lowest BCUT2D eigenvalue weighted by molar-refractivity contribution is -0.368. The highest BCUT2D eigenvalue weighted by atomic mass is 16.7. The summed E-state index contributed by atoms with van der Waals surface area (Å²) < 4.78 is 23.9. The molecule has 0 bridgehead atoms. The Morgan fingerprint density at radius 2 is 1.35 bits per heavy atom. The molecule has 4 saturated carbocycles. The van der Waals surface area contributed by atoms with E-state index >= 15 is 0 Å². The van der Waals surface area contributed by atoms with Gasteiger partial charge in [-0.3, -0.25) is 4.79 Å². The normalized spacial score (nSPS) is 53.2. The molecular weight excluding hydrogens is 712 g/mol. The first kappa shape index (κ1) is 41.9. The van der Waals surface area contributed by atoms with Gasteiger partial charge in [0.05, 0.1) is 24.7 Å². The van der Waals surface area contributed by atoms with Crippen LogP contribution >= 0.6 is 0 Å². The Hall–Kier alpha value is -1.23. The Morgan fingerprint density at radius 3 is 2.00 bits per heavy atom. The van der Waals surface area contributed by atoms with Crippen molar-refractivity contribution in [1.29, 1.82) is 0 Å². The number of aliphatic carboxylic acids is 1. The molecule has 0 amide bonds. The molecule has 6 fully saturated rings. The highest BCUT2D eigenvalue weighted by molar-refractivity contribution is 5.76. The third kappa shape index (κ3) is 6.23. The highest BCUT2D eigenvalue weighted by Crippen LogP contribution is 2.76. The quantitative estimate of drug-likeness (QED) is 0.138. The Bertz CT molecular complexity index is 1480. The lowest BCUT2D eigenvalue weighted by atomic mass is 9.33. The maximum Gasteiger partial charge on any atom is 0.310 e. The molecule has 13 nitrogen and oxygen atoms in total. The molecule has 7 aliphatic rings. The number of fused-ring (bicyclic) bond motifs is 7. The fraction of sp³-hybridized carbons (Fsp3) is 0.929. The van der Waals surface area contributed by atoms with Gasteiger partial charge in [-0.25, -0.2) is 0 Å². The van der Waals surface area contributed by atoms with Gasteiger partial charge in [0.2, 0.25) is 0 Å². The van der Waals surface area contributed by atoms with Crippen LogP contribution in [0.25, 0.3) is 0 Å². The van der Waals surface area contributed by atoms with Gasteiger partial charge in [-0.05, 0) is 109 Å². The molecule has 13 heteroatoms. The monoisotopic (exact) mass is 780 g/mol. The van der Waals surface area contributed by atoms with E-state index in [1.54, 1.807) is 0 Å². The summed E-state index contributed by atoms with van der Waals surface area (Å²) in [5.74, 6) is 0.0886. The van der Waals surface area contributed by atoms with E-state index in [1.165, 1.54) is 5.57 Å². The van der Waals surface area contributed by atoms with Crippen LogP contribution in [0.1, 0.15) is 113 Å². The first-order chi connectivity index (χ1) is 25.6. The van der Waals surface area contributed by atoms with Crippen LogP contribution in [0.5, 0.6) is 0 Å². The molecule has 0 aromatic heterocycles. The summed E-state index contributed by atoms with van der Waals surface area (Å²) in [6.07, 6.45) is -4.17. The van der Waals surface area contributed by atoms with Crippen molar-refractivity contribution in [3.8, 4) is 0 Å². The zero-order valence-electron chi connectivity index (χ0n) is 33.8. The van der Waals surface area contributed by atoms with E-state index < -0.39 is 86.0 Å². The van der Waals surface area contributed by atoms with Crippen LogP contribution in [0.2, 0.25) is 0 Å². The van der Waals surface area contributed by atoms with E-state index in [0.717, 1.165) is 57.8 Å². The lowest BCUT2D eigenvalue weighted by Gasteiger charge is -2.71. The van der Waals surface area contributed by atoms with Crippen molar-refractivity contribution in [2.24, 2.45) is 50.2 Å². The third-order valence-electron chi connectivity index (χ3n) is 17.3. The van der Waals surface area contributed by atoms with Crippen LogP contribution < -0.4 is 0 Å². The molecule has 0 aromatic rings. The number of carboxylic acid groups (broad SMARTS) is 1. The molecular formula is C42H68O13. The number of aliphatic hydroxyl groups excluding tert-OH is 7. The lowest BCUT2D eigenvalue weighted by Crippen LogP contribution is -2.66. The summed E-state index contributed by atoms with van der Waals surface area (Å²) in [5, 5.41) is 84.2. The van der Waals surface area contributed by atoms with E-state index in [2.05, 4.69) is 54.5 Å². The van der Waals surface area contributed by atoms with Crippen molar-refractivity contribution in [1.82, 2.24) is 0 Å². The SMILES string of the molecule is CC1(C)CC[C@]2(C(=O)O)CC[C@]3(C)C(=CC[C@@H]4[C@@]5(C)CC[C@H](O[C@H]6O[C@@H](CO)[C@@H](O[C@@H]7O[C@H](CO)[C@H](O)[C@H](O)[C@H]7O)[C@@H](O)[C@@H]6O)C(C)(C)[C@@H]5CC[C@]43C)[C@@H]2C1. The fourth-order valence-corrected chi connectivity index (χ4v) is 13.7. The second-order valence-corrected chi connectivity index (χ2v) is 20.7. The maximum atomic E-state index is 13.0. The number of hydrogen-bond acceptors (Lipinski definition) is 12. The van der Waals surface area contributed by atoms with Crippen LogP contribution in [-0.2, 0) is 23.7 Å². The standard InChI is InChI=1S/C42H68O13/c1-37(2)14-16-42(36(50)51)17-15-40(6)21(22(42)18-37)8-9-26-39(5)12-11-27(38(3,4)25(39)10-13-41(26,40)7)54-34-32(49)30(47)33(24(20-44)53-34)55-35-31(48)29(46)28(45)23(19-43)52-35/h8,22-35,43-49H,9-20H2,1-7H3,(H,50,51)/t22-,23+,24-,25-,26+,27-,28-,29-,30-,31+,32-,33+,34+,35-,39-,40+,41+,42-/m0/s1. The van der Waals surface area contributed by atoms with E-state index in [-0.39, 0.29) is 45.0 Å². The smallest absolute Gasteiger partial charge is 0.310 e. The average Bonchev–Trinajstić information content (AvgIpc) is 3.12. The van der Waals surface area contributed by atoms with Gasteiger partial charge >= 0.3 is 5.97 Å². The molecule has 7 rings (SSSR count). The first-order valence-electron chi connectivity index (χ1n) is 20.8. The van der Waals surface area contributed by atoms with Crippen molar-refractivity contribution in [3.63, 3.8) is 0 Å². The number of ether oxygens (including phenoxy) is 4. The minimum atomic E-state index is -1.74. The molecule has 314 valence electrons. The second-order valence-electron chi connectivity index (χ2n) is 20.7. The van der Waals surface area contributed by atoms with Crippen LogP contribution in [-0.4, -0.2) is 128 Å². The largest absolute Gasteiger partial charge is 0.481 e. The van der Waals surface area contributed by atoms with Crippen LogP contribution in [0.3, 0.4) is 0 Å². The van der Waals surface area contributed by atoms with E-state index in [0.29, 0.717) is 12.3 Å². The van der Waals surface area contributed by atoms with Gasteiger partial charge in [0, 0.05) is 0 Å². The van der Waals surface area contributed by atoms with Crippen molar-refractivity contribution in [2.75, 3.05) is 13.2 Å². The Labute approximate surface area is 325 Å². The van der Waals surface area contributed by atoms with Gasteiger partial charge in [0.1, 0.15) is 48.8 Å². The Kier molecular flexibility index (Phi) is 10.8. The number of carbonyl (C=O) groups is 1. The van der Waals surface area contributed by atoms with Gasteiger partial charge < -0.3 is 59.8 Å². The van der Waals surface area contributed by atoms with E-state index in [9.17, 15) is 45.6 Å². The minimum Gasteiger partial charge on any atom is -0.481 e. The summed E-state index contributed by atoms with van der Waals surface area (Å²) in [4.78, 5) is 13.0. The van der Waals surface area contributed by atoms with Gasteiger partial charge in [-0.15, -0.1) is 0 Å². The molecule has 5 aliphatic carbocycles. The molecule has 18 atom stereocenters. The Balaban J connectivity index is 1.08. The number of hydrogen-bond donors (Lipinski definition) is 8. The number of carboxylic acids is 1. The number of aliphatic hydroxyl groups is 7. The highest BCUT2D eigenvalue weighted by Gasteiger charge is 2.69. The number of allylic oxidation sites excluding steroid dienone is 2. The van der Waals surface area contributed by atoms with Gasteiger partial charge in [0.25, 0.3) is 0 Å². The van der Waals surface area contributed by atoms with E-state index in [4.69, 9.17) is 18.9 Å². The van der Waals surface area contributed by atoms with Crippen LogP contribution in [0.15, 0.2) is 11.6 Å². The minimum absolute atomic E-state index is 0.00451. The van der Waals surface area contributed by atoms with Crippen molar-refractivity contribution < 1.29 is 64.6 Å². The van der Waals surface area contributed by atoms with Crippen molar-refractivity contribution in [3.05, 3.63) is 11.6 Å². The maximum absolute atomic E-state index is 13.0. The Morgan fingerprint density at radius 1 is 0.727 bits per heavy atom. The topological polar surface area (TPSA) is 216 Å². The van der Waals surface area contributed by atoms with Gasteiger partial charge in [-0.1, -0.05) is 60.1 Å². The second kappa shape index (κ2) is 14.2. The fourth-order valence-electron chi connectivity index (χ4n) is 13.7. The first-order valence-corrected chi connectivity index (χ1v) is 20.8. The summed E-state index contributed by atoms with van der Waals surface area (Å²) in [7, 11) is 0. The van der Waals surface area contributed by atoms with Crippen molar-refractivity contribution in [2.45, 2.75) is 180 Å². The summed E-state index contributed by atoms with van der Waals surface area (Å²) in [6, 6.07) is 0. The van der Waals surface area contributed by atoms with Gasteiger partial charge in [-0.2, -0.15) is 0 Å². The molecule has 0 spiro atoms. The molecule has 0 unspecified atom stereocenters. The average molecular weight is 781 g/mol.